The second-order valence-electron chi connectivity index (χ2n) is 4.14. The third-order valence-electron chi connectivity index (χ3n) is 2.91. The van der Waals surface area contributed by atoms with E-state index < -0.39 is 0 Å². The van der Waals surface area contributed by atoms with Gasteiger partial charge in [-0.15, -0.1) is 11.6 Å². The first-order chi connectivity index (χ1) is 9.15. The summed E-state index contributed by atoms with van der Waals surface area (Å²) >= 11 is 5.67. The second kappa shape index (κ2) is 5.73. The van der Waals surface area contributed by atoms with Gasteiger partial charge in [-0.2, -0.15) is 5.26 Å². The average molecular weight is 275 g/mol. The summed E-state index contributed by atoms with van der Waals surface area (Å²) in [5.41, 5.74) is 2.61. The van der Waals surface area contributed by atoms with E-state index in [1.165, 1.54) is 6.07 Å². The molecule has 2 aromatic rings. The summed E-state index contributed by atoms with van der Waals surface area (Å²) in [5, 5.41) is 8.75. The Morgan fingerprint density at radius 1 is 1.21 bits per heavy atom. The highest BCUT2D eigenvalue weighted by molar-refractivity contribution is 6.17. The van der Waals surface area contributed by atoms with Gasteiger partial charge in [0, 0.05) is 18.6 Å². The number of nitrogens with zero attached hydrogens (tertiary/aromatic N) is 2. The SMILES string of the molecule is CN(c1ccc(C#N)cc1)c1ccc(CCl)cc1F. The Kier molecular flexibility index (Phi) is 4.03. The summed E-state index contributed by atoms with van der Waals surface area (Å²) in [5.74, 6) is -0.0253. The number of hydrogen-bond acceptors (Lipinski definition) is 2. The zero-order valence-electron chi connectivity index (χ0n) is 10.4. The molecule has 2 rings (SSSR count). The van der Waals surface area contributed by atoms with Crippen LogP contribution in [0, 0.1) is 17.1 Å². The molecule has 0 saturated heterocycles. The maximum Gasteiger partial charge on any atom is 0.147 e. The lowest BCUT2D eigenvalue weighted by molar-refractivity contribution is 0.626. The van der Waals surface area contributed by atoms with E-state index in [-0.39, 0.29) is 11.7 Å². The predicted octanol–water partition coefficient (Wildman–Crippen LogP) is 4.20. The van der Waals surface area contributed by atoms with Crippen LogP contribution in [0.2, 0.25) is 0 Å². The highest BCUT2D eigenvalue weighted by Crippen LogP contribution is 2.27. The molecule has 0 atom stereocenters. The highest BCUT2D eigenvalue weighted by atomic mass is 35.5. The molecule has 96 valence electrons. The average Bonchev–Trinajstić information content (AvgIpc) is 2.46. The fourth-order valence-corrected chi connectivity index (χ4v) is 1.97. The van der Waals surface area contributed by atoms with Crippen LogP contribution < -0.4 is 4.90 Å². The van der Waals surface area contributed by atoms with Crippen molar-refractivity contribution < 1.29 is 4.39 Å². The van der Waals surface area contributed by atoms with Gasteiger partial charge in [0.1, 0.15) is 5.82 Å². The third kappa shape index (κ3) is 2.86. The van der Waals surface area contributed by atoms with Gasteiger partial charge in [0.05, 0.1) is 17.3 Å². The third-order valence-corrected chi connectivity index (χ3v) is 3.22. The van der Waals surface area contributed by atoms with Gasteiger partial charge in [-0.25, -0.2) is 4.39 Å². The Morgan fingerprint density at radius 2 is 1.89 bits per heavy atom. The van der Waals surface area contributed by atoms with Gasteiger partial charge >= 0.3 is 0 Å². The molecule has 0 saturated carbocycles. The van der Waals surface area contributed by atoms with E-state index in [9.17, 15) is 4.39 Å². The molecule has 0 fully saturated rings. The Hall–Kier alpha value is -2.05. The van der Waals surface area contributed by atoms with Crippen LogP contribution in [0.1, 0.15) is 11.1 Å². The van der Waals surface area contributed by atoms with Crippen molar-refractivity contribution in [1.29, 1.82) is 5.26 Å². The molecular weight excluding hydrogens is 263 g/mol. The Labute approximate surface area is 116 Å². The number of nitriles is 1. The van der Waals surface area contributed by atoms with E-state index in [2.05, 4.69) is 6.07 Å². The minimum Gasteiger partial charge on any atom is -0.342 e. The van der Waals surface area contributed by atoms with Crippen LogP contribution >= 0.6 is 11.6 Å². The molecule has 0 aromatic heterocycles. The molecule has 4 heteroatoms. The number of alkyl halides is 1. The molecule has 0 aliphatic heterocycles. The van der Waals surface area contributed by atoms with Crippen LogP contribution in [-0.4, -0.2) is 7.05 Å². The van der Waals surface area contributed by atoms with Crippen LogP contribution in [-0.2, 0) is 5.88 Å². The molecule has 0 N–H and O–H groups in total. The molecule has 0 heterocycles. The molecule has 2 nitrogen and oxygen atoms in total. The lowest BCUT2D eigenvalue weighted by atomic mass is 10.1. The van der Waals surface area contributed by atoms with Crippen LogP contribution in [0.4, 0.5) is 15.8 Å². The molecule has 0 bridgehead atoms. The number of rotatable bonds is 3. The van der Waals surface area contributed by atoms with Gasteiger partial charge in [-0.1, -0.05) is 6.07 Å². The van der Waals surface area contributed by atoms with Crippen molar-refractivity contribution in [3.63, 3.8) is 0 Å². The normalized spacial score (nSPS) is 10.0. The number of benzene rings is 2. The molecule has 19 heavy (non-hydrogen) atoms. The fraction of sp³-hybridized carbons (Fsp3) is 0.133. The van der Waals surface area contributed by atoms with Gasteiger partial charge in [0.25, 0.3) is 0 Å². The molecular formula is C15H12ClFN2. The van der Waals surface area contributed by atoms with E-state index >= 15 is 0 Å². The smallest absolute Gasteiger partial charge is 0.147 e. The van der Waals surface area contributed by atoms with Crippen LogP contribution in [0.5, 0.6) is 0 Å². The summed E-state index contributed by atoms with van der Waals surface area (Å²) in [4.78, 5) is 1.73. The Bertz CT molecular complexity index is 617. The topological polar surface area (TPSA) is 27.0 Å². The maximum atomic E-state index is 14.0. The van der Waals surface area contributed by atoms with E-state index in [4.69, 9.17) is 16.9 Å². The molecule has 0 radical (unpaired) electrons. The van der Waals surface area contributed by atoms with Crippen LogP contribution in [0.3, 0.4) is 0 Å². The zero-order valence-corrected chi connectivity index (χ0v) is 11.2. The van der Waals surface area contributed by atoms with E-state index in [1.807, 2.05) is 0 Å². The summed E-state index contributed by atoms with van der Waals surface area (Å²) in [6.07, 6.45) is 0. The standard InChI is InChI=1S/C15H12ClFN2/c1-19(13-5-2-11(10-18)3-6-13)15-7-4-12(9-16)8-14(15)17/h2-8H,9H2,1H3. The lowest BCUT2D eigenvalue weighted by Crippen LogP contribution is -2.11. The molecule has 0 unspecified atom stereocenters. The largest absolute Gasteiger partial charge is 0.342 e. The summed E-state index contributed by atoms with van der Waals surface area (Å²) in [6.45, 7) is 0. The predicted molar refractivity (Wildman–Crippen MR) is 75.2 cm³/mol. The molecule has 0 aliphatic rings. The van der Waals surface area contributed by atoms with Crippen LogP contribution in [0.25, 0.3) is 0 Å². The van der Waals surface area contributed by atoms with Crippen molar-refractivity contribution in [2.24, 2.45) is 0 Å². The van der Waals surface area contributed by atoms with E-state index in [1.54, 1.807) is 48.3 Å². The second-order valence-corrected chi connectivity index (χ2v) is 4.40. The fourth-order valence-electron chi connectivity index (χ4n) is 1.80. The quantitative estimate of drug-likeness (QED) is 0.784. The first-order valence-corrected chi connectivity index (χ1v) is 6.27. The van der Waals surface area contributed by atoms with Crippen molar-refractivity contribution in [3.05, 3.63) is 59.4 Å². The van der Waals surface area contributed by atoms with Gasteiger partial charge in [0.15, 0.2) is 0 Å². The zero-order chi connectivity index (χ0) is 13.8. The van der Waals surface area contributed by atoms with Crippen molar-refractivity contribution in [3.8, 4) is 6.07 Å². The summed E-state index contributed by atoms with van der Waals surface area (Å²) in [6, 6.07) is 14.0. The highest BCUT2D eigenvalue weighted by Gasteiger charge is 2.10. The molecule has 0 amide bonds. The first kappa shape index (κ1) is 13.4. The van der Waals surface area contributed by atoms with E-state index in [0.717, 1.165) is 11.3 Å². The van der Waals surface area contributed by atoms with E-state index in [0.29, 0.717) is 11.3 Å². The van der Waals surface area contributed by atoms with Crippen molar-refractivity contribution in [2.45, 2.75) is 5.88 Å². The summed E-state index contributed by atoms with van der Waals surface area (Å²) in [7, 11) is 1.78. The Balaban J connectivity index is 2.32. The van der Waals surface area contributed by atoms with Gasteiger partial charge in [0.2, 0.25) is 0 Å². The van der Waals surface area contributed by atoms with Gasteiger partial charge in [-0.05, 0) is 42.0 Å². The van der Waals surface area contributed by atoms with Crippen molar-refractivity contribution in [2.75, 3.05) is 11.9 Å². The number of hydrogen-bond donors (Lipinski definition) is 0. The van der Waals surface area contributed by atoms with Crippen molar-refractivity contribution in [1.82, 2.24) is 0 Å². The van der Waals surface area contributed by atoms with Gasteiger partial charge < -0.3 is 4.90 Å². The first-order valence-electron chi connectivity index (χ1n) is 5.74. The van der Waals surface area contributed by atoms with Crippen LogP contribution in [0.15, 0.2) is 42.5 Å². The molecule has 2 aromatic carbocycles. The number of halogens is 2. The Morgan fingerprint density at radius 3 is 2.42 bits per heavy atom. The molecule has 0 aliphatic carbocycles. The van der Waals surface area contributed by atoms with Gasteiger partial charge in [-0.3, -0.25) is 0 Å². The summed E-state index contributed by atoms with van der Waals surface area (Å²) < 4.78 is 14.0. The monoisotopic (exact) mass is 274 g/mol. The minimum atomic E-state index is -0.315. The lowest BCUT2D eigenvalue weighted by Gasteiger charge is -2.20. The number of anilines is 2. The molecule has 0 spiro atoms. The minimum absolute atomic E-state index is 0.289. The maximum absolute atomic E-state index is 14.0. The van der Waals surface area contributed by atoms with Crippen molar-refractivity contribution >= 4 is 23.0 Å².